The summed E-state index contributed by atoms with van der Waals surface area (Å²) in [5, 5.41) is 0. The van der Waals surface area contributed by atoms with Crippen LogP contribution >= 0.6 is 0 Å². The molecule has 5 aliphatic rings. The number of unbranched alkanes of at least 4 members (excludes halogenated alkanes) is 13. The topological polar surface area (TPSA) is 96.0 Å². The molecular weight excluding hydrogens is 1400 g/mol. The summed E-state index contributed by atoms with van der Waals surface area (Å²) >= 11 is 0. The van der Waals surface area contributed by atoms with Crippen molar-refractivity contribution < 1.29 is 47.0 Å². The Morgan fingerprint density at radius 1 is 0.336 bits per heavy atom. The van der Waals surface area contributed by atoms with E-state index in [4.69, 9.17) is 42.6 Å². The summed E-state index contributed by atoms with van der Waals surface area (Å²) < 4.78 is 69.1. The normalized spacial score (nSPS) is 21.9. The summed E-state index contributed by atoms with van der Waals surface area (Å²) in [6.45, 7) is 21.2. The first-order chi connectivity index (χ1) is 55.6. The van der Waals surface area contributed by atoms with Crippen molar-refractivity contribution in [1.29, 1.82) is 0 Å². The quantitative estimate of drug-likeness (QED) is 0.0272. The van der Waals surface area contributed by atoms with Crippen LogP contribution in [0.25, 0.3) is 44.6 Å². The summed E-state index contributed by atoms with van der Waals surface area (Å²) in [7, 11) is 0. The first kappa shape index (κ1) is 89.2. The van der Waals surface area contributed by atoms with Gasteiger partial charge in [0.25, 0.3) is 5.95 Å². The highest BCUT2D eigenvalue weighted by atomic mass is 19.1. The molecule has 618 valence electrons. The third-order valence-electron chi connectivity index (χ3n) is 24.6. The van der Waals surface area contributed by atoms with Crippen LogP contribution in [0.1, 0.15) is 274 Å². The van der Waals surface area contributed by atoms with Gasteiger partial charge >= 0.3 is 0 Å². The van der Waals surface area contributed by atoms with E-state index in [1.54, 1.807) is 6.07 Å². The van der Waals surface area contributed by atoms with Crippen molar-refractivity contribution in [1.82, 2.24) is 4.98 Å². The first-order valence-corrected chi connectivity index (χ1v) is 45.3. The molecule has 12 rings (SSSR count). The molecule has 2 aliphatic heterocycles. The van der Waals surface area contributed by atoms with Crippen LogP contribution in [0.5, 0.6) is 5.75 Å². The minimum atomic E-state index is -0.560. The second-order valence-corrected chi connectivity index (χ2v) is 33.6. The van der Waals surface area contributed by atoms with Gasteiger partial charge in [0.1, 0.15) is 0 Å². The van der Waals surface area contributed by atoms with Gasteiger partial charge in [0.2, 0.25) is 0 Å². The smallest absolute Gasteiger partial charge is 0.255 e. The number of benzene rings is 6. The van der Waals surface area contributed by atoms with Gasteiger partial charge in [0.05, 0.1) is 70.3 Å². The molecule has 113 heavy (non-hydrogen) atoms. The van der Waals surface area contributed by atoms with Crippen molar-refractivity contribution in [3.63, 3.8) is 0 Å². The summed E-state index contributed by atoms with van der Waals surface area (Å²) in [6.07, 6.45) is 43.8. The minimum Gasteiger partial charge on any atom is -0.489 e. The van der Waals surface area contributed by atoms with E-state index >= 15 is 0 Å². The Kier molecular flexibility index (Phi) is 40.9. The van der Waals surface area contributed by atoms with Crippen LogP contribution in [0, 0.1) is 49.4 Å². The van der Waals surface area contributed by atoms with Gasteiger partial charge in [-0.25, -0.2) is 4.98 Å². The molecule has 11 heteroatoms. The van der Waals surface area contributed by atoms with Gasteiger partial charge in [-0.3, -0.25) is 0 Å². The number of hydrogen-bond acceptors (Lipinski definition) is 10. The lowest BCUT2D eigenvalue weighted by Gasteiger charge is -2.37. The molecule has 2 saturated heterocycles. The van der Waals surface area contributed by atoms with Gasteiger partial charge in [-0.15, -0.1) is 0 Å². The summed E-state index contributed by atoms with van der Waals surface area (Å²) in [5.41, 5.74) is 15.3. The summed E-state index contributed by atoms with van der Waals surface area (Å²) in [4.78, 5) is 4.16. The van der Waals surface area contributed by atoms with Crippen LogP contribution in [0.15, 0.2) is 158 Å². The number of rotatable bonds is 43. The molecule has 1 aromatic heterocycles. The highest BCUT2D eigenvalue weighted by molar-refractivity contribution is 5.69. The lowest BCUT2D eigenvalue weighted by atomic mass is 9.75. The molecule has 0 N–H and O–H groups in total. The van der Waals surface area contributed by atoms with Crippen molar-refractivity contribution in [2.75, 3.05) is 66.1 Å². The summed E-state index contributed by atoms with van der Waals surface area (Å²) in [5.74, 6) is 3.24. The first-order valence-electron chi connectivity index (χ1n) is 45.3. The Morgan fingerprint density at radius 2 is 0.735 bits per heavy atom. The van der Waals surface area contributed by atoms with Crippen molar-refractivity contribution in [2.45, 2.75) is 297 Å². The molecule has 0 radical (unpaired) electrons. The van der Waals surface area contributed by atoms with Crippen LogP contribution in [0.3, 0.4) is 0 Å². The molecule has 6 aromatic carbocycles. The predicted molar refractivity (Wildman–Crippen MR) is 464 cm³/mol. The lowest BCUT2D eigenvalue weighted by Crippen LogP contribution is -2.37. The van der Waals surface area contributed by atoms with Gasteiger partial charge < -0.3 is 42.6 Å². The van der Waals surface area contributed by atoms with E-state index in [2.05, 4.69) is 168 Å². The van der Waals surface area contributed by atoms with Crippen molar-refractivity contribution >= 4 is 0 Å². The van der Waals surface area contributed by atoms with Crippen molar-refractivity contribution in [3.8, 4) is 50.4 Å². The van der Waals surface area contributed by atoms with E-state index in [-0.39, 0.29) is 18.3 Å². The molecule has 3 saturated carbocycles. The zero-order chi connectivity index (χ0) is 78.7. The van der Waals surface area contributed by atoms with Crippen LogP contribution in [-0.4, -0.2) is 95.7 Å². The maximum atomic E-state index is 14.7. The molecule has 0 spiro atoms. The minimum absolute atomic E-state index is 0.00219. The van der Waals surface area contributed by atoms with Gasteiger partial charge in [0.15, 0.2) is 18.3 Å². The van der Waals surface area contributed by atoms with Crippen LogP contribution < -0.4 is 4.74 Å². The molecule has 7 aromatic rings. The monoisotopic (exact) mass is 1550 g/mol. The third kappa shape index (κ3) is 32.0. The van der Waals surface area contributed by atoms with E-state index in [9.17, 15) is 4.39 Å². The Hall–Kier alpha value is -6.12. The average Bonchev–Trinajstić information content (AvgIpc) is 0.837. The number of aromatic nitrogens is 1. The second kappa shape index (κ2) is 51.8. The number of ether oxygens (including phenoxy) is 9. The van der Waals surface area contributed by atoms with Gasteiger partial charge in [0, 0.05) is 42.8 Å². The molecule has 0 amide bonds. The maximum Gasteiger partial charge on any atom is 0.255 e. The van der Waals surface area contributed by atoms with Gasteiger partial charge in [-0.2, -0.15) is 4.39 Å². The molecule has 0 bridgehead atoms. The zero-order valence-corrected chi connectivity index (χ0v) is 70.6. The van der Waals surface area contributed by atoms with Crippen LogP contribution in [0.4, 0.5) is 4.39 Å². The fourth-order valence-corrected chi connectivity index (χ4v) is 17.1. The SMILES string of the molecule is CCCCCCCOC1CCC(OCCCCCCOc2ccc(-c3ccc(-c4ccc(C)cc4)cc3)nc2F)CC1.CCCCCCCOCCOC1CCC(C2COC(c3ccc(-c4ccc(C)cc4)cc3)OC2)CC1.CCCCc1ccc(-c2ccc(CCCC3OCC(C4CCC(CCCC)CC4)CO3)cc2)cc1. The maximum absolute atomic E-state index is 14.7. The number of pyridine rings is 1. The molecule has 5 fully saturated rings. The Labute approximate surface area is 682 Å². The van der Waals surface area contributed by atoms with E-state index in [1.165, 1.54) is 186 Å². The fourth-order valence-electron chi connectivity index (χ4n) is 17.1. The Bertz CT molecular complexity index is 3580. The number of aryl methyl sites for hydroxylation is 4. The van der Waals surface area contributed by atoms with Gasteiger partial charge in [-0.1, -0.05) is 281 Å². The molecule has 10 nitrogen and oxygen atoms in total. The van der Waals surface area contributed by atoms with E-state index in [1.807, 2.05) is 30.3 Å². The van der Waals surface area contributed by atoms with Crippen LogP contribution in [0.2, 0.25) is 0 Å². The molecular formula is C102H144FNO9. The predicted octanol–water partition coefficient (Wildman–Crippen LogP) is 27.0. The highest BCUT2D eigenvalue weighted by Gasteiger charge is 2.34. The third-order valence-corrected chi connectivity index (χ3v) is 24.6. The Morgan fingerprint density at radius 3 is 1.22 bits per heavy atom. The number of nitrogens with zero attached hydrogens (tertiary/aromatic N) is 1. The zero-order valence-electron chi connectivity index (χ0n) is 70.6. The number of hydrogen-bond donors (Lipinski definition) is 0. The second-order valence-electron chi connectivity index (χ2n) is 33.6. The molecule has 0 unspecified atom stereocenters. The standard InChI is InChI=1S/C37H50FNO3.C33H48O2.C32H46O4/c1-3-4-5-6-9-26-40-33-20-22-34(23-21-33)41-27-10-7-8-11-28-42-36-25-24-35(39-37(36)38)32-18-16-31(17-19-32)30-14-12-29(2)13-15-30;1-3-5-8-26-12-18-29(19-13-26)30-20-14-28(15-21-30)10-7-11-33-34-24-32(25-35-33)31-22-16-27(17-23-31)9-6-4-2;1-3-4-5-6-7-20-33-21-22-34-31-18-16-28(17-19-31)30-23-35-32(36-24-30)29-14-12-27(13-15-29)26-10-8-25(2)9-11-26/h12-19,24-25,33-34H,3-11,20-23,26-28H2,1-2H3;12-15,18-21,27,31-33H,3-11,16-17,22-25H2,1-2H3;8-15,28,30-32H,3-7,16-24H2,1-2H3. The van der Waals surface area contributed by atoms with E-state index in [0.717, 1.165) is 177 Å². The van der Waals surface area contributed by atoms with E-state index < -0.39 is 5.95 Å². The van der Waals surface area contributed by atoms with Gasteiger partial charge in [-0.05, 0) is 217 Å². The van der Waals surface area contributed by atoms with E-state index in [0.29, 0.717) is 48.4 Å². The highest BCUT2D eigenvalue weighted by Crippen LogP contribution is 2.40. The molecule has 3 heterocycles. The summed E-state index contributed by atoms with van der Waals surface area (Å²) in [6, 6.07) is 55.5. The van der Waals surface area contributed by atoms with Crippen molar-refractivity contribution in [3.05, 3.63) is 191 Å². The molecule has 0 atom stereocenters. The van der Waals surface area contributed by atoms with Crippen molar-refractivity contribution in [2.24, 2.45) is 29.6 Å². The van der Waals surface area contributed by atoms with Crippen LogP contribution in [-0.2, 0) is 50.7 Å². The lowest BCUT2D eigenvalue weighted by molar-refractivity contribution is -0.215. The number of halogens is 1. The largest absolute Gasteiger partial charge is 0.489 e. The fraction of sp³-hybridized carbons (Fsp3) is 0.598. The average molecular weight is 1550 g/mol. The Balaban J connectivity index is 0.000000181. The molecule has 3 aliphatic carbocycles.